The fourth-order valence-corrected chi connectivity index (χ4v) is 4.79. The number of ether oxygens (including phenoxy) is 2. The average molecular weight is 344 g/mol. The molecule has 0 aromatic heterocycles. The second-order valence-electron chi connectivity index (χ2n) is 7.54. The van der Waals surface area contributed by atoms with Gasteiger partial charge in [-0.05, 0) is 56.4 Å². The van der Waals surface area contributed by atoms with E-state index in [9.17, 15) is 4.79 Å². The van der Waals surface area contributed by atoms with E-state index in [4.69, 9.17) is 9.47 Å². The number of anilines is 2. The van der Waals surface area contributed by atoms with Gasteiger partial charge in [0.05, 0.1) is 6.10 Å². The fraction of sp³-hybridized carbons (Fsp3) is 0.650. The molecule has 1 N–H and O–H groups in total. The van der Waals surface area contributed by atoms with Gasteiger partial charge in [-0.15, -0.1) is 0 Å². The molecule has 1 aliphatic heterocycles. The molecule has 25 heavy (non-hydrogen) atoms. The van der Waals surface area contributed by atoms with Gasteiger partial charge >= 0.3 is 0 Å². The summed E-state index contributed by atoms with van der Waals surface area (Å²) in [6.07, 6.45) is 6.32. The summed E-state index contributed by atoms with van der Waals surface area (Å²) in [7, 11) is 1.56. The second kappa shape index (κ2) is 6.61. The van der Waals surface area contributed by atoms with Crippen LogP contribution in [0.15, 0.2) is 18.2 Å². The van der Waals surface area contributed by atoms with E-state index < -0.39 is 0 Å². The molecule has 0 bridgehead atoms. The van der Waals surface area contributed by atoms with E-state index in [-0.39, 0.29) is 12.5 Å². The van der Waals surface area contributed by atoms with Crippen LogP contribution in [0.2, 0.25) is 0 Å². The molecule has 1 aromatic carbocycles. The zero-order valence-corrected chi connectivity index (χ0v) is 15.2. The topological polar surface area (TPSA) is 50.8 Å². The van der Waals surface area contributed by atoms with Crippen molar-refractivity contribution in [3.05, 3.63) is 23.8 Å². The van der Waals surface area contributed by atoms with Crippen molar-refractivity contribution in [3.8, 4) is 0 Å². The zero-order chi connectivity index (χ0) is 17.4. The van der Waals surface area contributed by atoms with Gasteiger partial charge in [0.2, 0.25) is 0 Å². The van der Waals surface area contributed by atoms with Crippen molar-refractivity contribution >= 4 is 17.3 Å². The molecule has 2 aliphatic carbocycles. The lowest BCUT2D eigenvalue weighted by atomic mass is 9.51. The maximum Gasteiger partial charge on any atom is 0.252 e. The number of methoxy groups -OCH3 is 1. The van der Waals surface area contributed by atoms with E-state index in [1.165, 1.54) is 30.5 Å². The molecule has 5 heteroatoms. The van der Waals surface area contributed by atoms with Crippen LogP contribution < -0.4 is 10.2 Å². The normalized spacial score (nSPS) is 26.1. The van der Waals surface area contributed by atoms with Crippen LogP contribution in [-0.2, 0) is 20.7 Å². The Morgan fingerprint density at radius 1 is 1.40 bits per heavy atom. The first-order valence-electron chi connectivity index (χ1n) is 9.48. The minimum absolute atomic E-state index is 0.0360. The Labute approximate surface area is 149 Å². The number of carbonyl (C=O) groups is 1. The molecule has 0 saturated heterocycles. The lowest BCUT2D eigenvalue weighted by molar-refractivity contribution is -0.157. The molecule has 4 rings (SSSR count). The highest BCUT2D eigenvalue weighted by atomic mass is 16.5. The van der Waals surface area contributed by atoms with Crippen LogP contribution >= 0.6 is 0 Å². The van der Waals surface area contributed by atoms with E-state index in [1.54, 1.807) is 7.11 Å². The van der Waals surface area contributed by atoms with Gasteiger partial charge in [-0.3, -0.25) is 4.79 Å². The summed E-state index contributed by atoms with van der Waals surface area (Å²) in [5.74, 6) is 0.0360. The number of nitrogens with one attached hydrogen (secondary N) is 1. The Morgan fingerprint density at radius 3 is 2.92 bits per heavy atom. The Morgan fingerprint density at radius 2 is 2.24 bits per heavy atom. The number of amides is 1. The van der Waals surface area contributed by atoms with Gasteiger partial charge < -0.3 is 19.7 Å². The minimum atomic E-state index is 0.0360. The van der Waals surface area contributed by atoms with Crippen LogP contribution in [0.25, 0.3) is 0 Å². The largest absolute Gasteiger partial charge is 0.382 e. The van der Waals surface area contributed by atoms with Crippen molar-refractivity contribution in [3.63, 3.8) is 0 Å². The summed E-state index contributed by atoms with van der Waals surface area (Å²) in [5, 5.41) is 3.75. The average Bonchev–Trinajstić information content (AvgIpc) is 2.95. The number of benzene rings is 1. The van der Waals surface area contributed by atoms with Crippen LogP contribution in [0.1, 0.15) is 38.2 Å². The Hall–Kier alpha value is -1.59. The SMILES string of the molecule is CCO[C@H]1C[C@H](Nc2ccc3c(c2)CCN3C(=O)COC)C12CCC2. The molecule has 1 spiro atoms. The van der Waals surface area contributed by atoms with Crippen molar-refractivity contribution in [2.24, 2.45) is 5.41 Å². The number of hydrogen-bond donors (Lipinski definition) is 1. The van der Waals surface area contributed by atoms with E-state index in [1.807, 2.05) is 4.90 Å². The first-order valence-corrected chi connectivity index (χ1v) is 9.48. The number of nitrogens with zero attached hydrogens (tertiary/aromatic N) is 1. The summed E-state index contributed by atoms with van der Waals surface area (Å²) in [5.41, 5.74) is 3.81. The summed E-state index contributed by atoms with van der Waals surface area (Å²) >= 11 is 0. The molecular weight excluding hydrogens is 316 g/mol. The van der Waals surface area contributed by atoms with Crippen molar-refractivity contribution in [2.75, 3.05) is 37.1 Å². The third-order valence-electron chi connectivity index (χ3n) is 6.32. The van der Waals surface area contributed by atoms with Crippen molar-refractivity contribution in [1.29, 1.82) is 0 Å². The molecule has 2 fully saturated rings. The smallest absolute Gasteiger partial charge is 0.252 e. The van der Waals surface area contributed by atoms with Gasteiger partial charge in [-0.1, -0.05) is 6.42 Å². The first kappa shape index (κ1) is 16.9. The standard InChI is InChI=1S/C20H28N2O3/c1-3-25-18-12-17(20(18)8-4-9-20)21-15-5-6-16-14(11-15)7-10-22(16)19(23)13-24-2/h5-6,11,17-18,21H,3-4,7-10,12-13H2,1-2H3/t17-,18-/m0/s1. The fourth-order valence-electron chi connectivity index (χ4n) is 4.79. The van der Waals surface area contributed by atoms with Gasteiger partial charge in [0.1, 0.15) is 6.61 Å². The van der Waals surface area contributed by atoms with E-state index in [2.05, 4.69) is 30.4 Å². The highest BCUT2D eigenvalue weighted by molar-refractivity contribution is 5.96. The Kier molecular flexibility index (Phi) is 4.46. The number of hydrogen-bond acceptors (Lipinski definition) is 4. The predicted octanol–water partition coefficient (Wildman–Crippen LogP) is 2.98. The first-order chi connectivity index (χ1) is 12.2. The third-order valence-corrected chi connectivity index (χ3v) is 6.32. The monoisotopic (exact) mass is 344 g/mol. The van der Waals surface area contributed by atoms with Crippen molar-refractivity contribution in [1.82, 2.24) is 0 Å². The lowest BCUT2D eigenvalue weighted by Crippen LogP contribution is -2.64. The Bertz CT molecular complexity index is 656. The number of fused-ring (bicyclic) bond motifs is 1. The highest BCUT2D eigenvalue weighted by Gasteiger charge is 2.58. The number of carbonyl (C=O) groups excluding carboxylic acids is 1. The van der Waals surface area contributed by atoms with Gasteiger partial charge in [-0.2, -0.15) is 0 Å². The van der Waals surface area contributed by atoms with Crippen LogP contribution in [0.5, 0.6) is 0 Å². The quantitative estimate of drug-likeness (QED) is 0.862. The summed E-state index contributed by atoms with van der Waals surface area (Å²) in [6, 6.07) is 6.92. The van der Waals surface area contributed by atoms with Gasteiger partial charge in [0.25, 0.3) is 5.91 Å². The molecule has 136 valence electrons. The summed E-state index contributed by atoms with van der Waals surface area (Å²) < 4.78 is 10.9. The van der Waals surface area contributed by atoms with E-state index >= 15 is 0 Å². The zero-order valence-electron chi connectivity index (χ0n) is 15.2. The molecule has 1 amide bonds. The predicted molar refractivity (Wildman–Crippen MR) is 98.1 cm³/mol. The van der Waals surface area contributed by atoms with Crippen molar-refractivity contribution in [2.45, 2.75) is 51.2 Å². The van der Waals surface area contributed by atoms with Gasteiger partial charge in [-0.25, -0.2) is 0 Å². The second-order valence-corrected chi connectivity index (χ2v) is 7.54. The minimum Gasteiger partial charge on any atom is -0.382 e. The molecule has 3 aliphatic rings. The Balaban J connectivity index is 1.44. The summed E-state index contributed by atoms with van der Waals surface area (Å²) in [6.45, 7) is 3.79. The van der Waals surface area contributed by atoms with Gasteiger partial charge in [0, 0.05) is 43.1 Å². The molecule has 1 aromatic rings. The molecule has 2 saturated carbocycles. The molecule has 2 atom stereocenters. The molecule has 0 radical (unpaired) electrons. The van der Waals surface area contributed by atoms with Crippen LogP contribution in [0, 0.1) is 5.41 Å². The highest BCUT2D eigenvalue weighted by Crippen LogP contribution is 2.58. The molecule has 1 heterocycles. The van der Waals surface area contributed by atoms with Crippen LogP contribution in [0.3, 0.4) is 0 Å². The van der Waals surface area contributed by atoms with Crippen molar-refractivity contribution < 1.29 is 14.3 Å². The van der Waals surface area contributed by atoms with Gasteiger partial charge in [0.15, 0.2) is 0 Å². The van der Waals surface area contributed by atoms with Crippen LogP contribution in [-0.4, -0.2) is 44.9 Å². The third kappa shape index (κ3) is 2.74. The van der Waals surface area contributed by atoms with E-state index in [0.29, 0.717) is 17.6 Å². The van der Waals surface area contributed by atoms with Crippen LogP contribution in [0.4, 0.5) is 11.4 Å². The maximum atomic E-state index is 12.1. The number of rotatable bonds is 6. The lowest BCUT2D eigenvalue weighted by Gasteiger charge is -2.61. The molecule has 0 unspecified atom stereocenters. The van der Waals surface area contributed by atoms with E-state index in [0.717, 1.165) is 31.7 Å². The molecule has 5 nitrogen and oxygen atoms in total. The molecular formula is C20H28N2O3. The summed E-state index contributed by atoms with van der Waals surface area (Å²) in [4.78, 5) is 14.0. The maximum absolute atomic E-state index is 12.1.